The molecule has 2 heterocycles. The van der Waals surface area contributed by atoms with Crippen LogP contribution in [0.5, 0.6) is 0 Å². The number of carbonyl (C=O) groups is 2. The number of fused-ring (bicyclic) bond motifs is 1. The predicted molar refractivity (Wildman–Crippen MR) is 126 cm³/mol. The highest BCUT2D eigenvalue weighted by Gasteiger charge is 2.19. The number of hydrogen-bond acceptors (Lipinski definition) is 5. The van der Waals surface area contributed by atoms with Crippen LogP contribution in [0.1, 0.15) is 28.5 Å². The van der Waals surface area contributed by atoms with Gasteiger partial charge in [-0.3, -0.25) is 19.7 Å². The molecule has 0 aliphatic carbocycles. The number of carbonyl (C=O) groups excluding carboxylic acids is 2. The molecule has 0 fully saturated rings. The summed E-state index contributed by atoms with van der Waals surface area (Å²) in [6.45, 7) is 5.29. The summed E-state index contributed by atoms with van der Waals surface area (Å²) in [5.74, 6) is -1.02. The summed E-state index contributed by atoms with van der Waals surface area (Å²) in [5, 5.41) is 10.8. The lowest BCUT2D eigenvalue weighted by Gasteiger charge is -2.13. The van der Waals surface area contributed by atoms with Crippen molar-refractivity contribution in [1.29, 1.82) is 0 Å². The Morgan fingerprint density at radius 2 is 2.06 bits per heavy atom. The van der Waals surface area contributed by atoms with E-state index in [0.29, 0.717) is 27.8 Å². The second kappa shape index (κ2) is 10.8. The SMILES string of the molecule is COC(=P)/C=C(\C)C(=O)Nc1c(C)cc2cn[nH]c2c1C(N)=O.Cc1ncccc1Cl. The molecule has 2 aromatic heterocycles. The van der Waals surface area contributed by atoms with Crippen LogP contribution in [0.3, 0.4) is 0 Å². The maximum Gasteiger partial charge on any atom is 0.253 e. The van der Waals surface area contributed by atoms with Crippen molar-refractivity contribution in [2.45, 2.75) is 20.8 Å². The van der Waals surface area contributed by atoms with Crippen LogP contribution < -0.4 is 11.1 Å². The standard InChI is InChI=1S/C15H17N4O3P.C6H6ClN/c1-7-4-9-6-17-19-13(9)11(14(16)20)12(7)18-15(21)8(2)5-10(23)22-3;1-5-6(7)3-2-4-8-5/h4-6,23H,1-3H3,(H2,16,20)(H,17,19)(H,18,21);2-4H,1H3/b8-5+;. The quantitative estimate of drug-likeness (QED) is 0.395. The molecular weight excluding hydrogens is 437 g/mol. The molecule has 0 unspecified atom stereocenters. The number of methoxy groups -OCH3 is 1. The third-order valence-corrected chi connectivity index (χ3v) is 5.04. The number of nitrogens with zero attached hydrogens (tertiary/aromatic N) is 2. The van der Waals surface area contributed by atoms with Crippen molar-refractivity contribution >= 4 is 54.3 Å². The molecule has 162 valence electrons. The van der Waals surface area contributed by atoms with E-state index in [2.05, 4.69) is 29.4 Å². The molecule has 31 heavy (non-hydrogen) atoms. The summed E-state index contributed by atoms with van der Waals surface area (Å²) >= 11 is 5.65. The van der Waals surface area contributed by atoms with Gasteiger partial charge in [0.05, 0.1) is 39.2 Å². The van der Waals surface area contributed by atoms with Crippen molar-refractivity contribution in [2.24, 2.45) is 5.73 Å². The van der Waals surface area contributed by atoms with E-state index < -0.39 is 5.91 Å². The Bertz CT molecular complexity index is 1150. The zero-order chi connectivity index (χ0) is 23.1. The maximum atomic E-state index is 12.3. The number of nitrogens with two attached hydrogens (primary N) is 1. The average molecular weight is 460 g/mol. The molecule has 0 spiro atoms. The van der Waals surface area contributed by atoms with Gasteiger partial charge in [-0.2, -0.15) is 5.10 Å². The van der Waals surface area contributed by atoms with E-state index >= 15 is 0 Å². The number of aryl methyl sites for hydroxylation is 2. The molecule has 0 saturated carbocycles. The van der Waals surface area contributed by atoms with Gasteiger partial charge in [0.2, 0.25) is 0 Å². The summed E-state index contributed by atoms with van der Waals surface area (Å²) in [5.41, 5.74) is 8.94. The minimum absolute atomic E-state index is 0.202. The molecule has 3 aromatic rings. The first-order chi connectivity index (χ1) is 14.6. The van der Waals surface area contributed by atoms with Crippen LogP contribution in [0.4, 0.5) is 5.69 Å². The Morgan fingerprint density at radius 1 is 1.35 bits per heavy atom. The lowest BCUT2D eigenvalue weighted by atomic mass is 10.0. The Kier molecular flexibility index (Phi) is 8.45. The molecule has 8 nitrogen and oxygen atoms in total. The van der Waals surface area contributed by atoms with Gasteiger partial charge in [0.15, 0.2) is 0 Å². The molecule has 0 saturated heterocycles. The van der Waals surface area contributed by atoms with Crippen molar-refractivity contribution in [3.05, 3.63) is 64.1 Å². The number of pyridine rings is 1. The number of hydrogen-bond donors (Lipinski definition) is 3. The number of halogens is 1. The minimum atomic E-state index is -0.649. The lowest BCUT2D eigenvalue weighted by Crippen LogP contribution is -2.20. The highest BCUT2D eigenvalue weighted by molar-refractivity contribution is 7.21. The summed E-state index contributed by atoms with van der Waals surface area (Å²) in [4.78, 5) is 28.1. The molecule has 10 heteroatoms. The Labute approximate surface area is 187 Å². The fourth-order valence-electron chi connectivity index (χ4n) is 2.64. The molecule has 0 radical (unpaired) electrons. The number of anilines is 1. The third-order valence-electron chi connectivity index (χ3n) is 4.29. The van der Waals surface area contributed by atoms with Gasteiger partial charge in [-0.05, 0) is 50.6 Å². The van der Waals surface area contributed by atoms with Crippen LogP contribution in [-0.2, 0) is 9.53 Å². The number of aromatic amines is 1. The number of aromatic nitrogens is 3. The van der Waals surface area contributed by atoms with Gasteiger partial charge < -0.3 is 15.8 Å². The number of H-pyrrole nitrogens is 1. The number of primary amides is 1. The van der Waals surface area contributed by atoms with Gasteiger partial charge in [0.25, 0.3) is 11.8 Å². The normalized spacial score (nSPS) is 10.9. The molecule has 0 aliphatic heterocycles. The Morgan fingerprint density at radius 3 is 2.61 bits per heavy atom. The average Bonchev–Trinajstić information content (AvgIpc) is 3.18. The van der Waals surface area contributed by atoms with Crippen molar-refractivity contribution < 1.29 is 14.3 Å². The first-order valence-electron chi connectivity index (χ1n) is 9.11. The molecule has 1 aromatic carbocycles. The van der Waals surface area contributed by atoms with E-state index in [9.17, 15) is 9.59 Å². The van der Waals surface area contributed by atoms with Crippen molar-refractivity contribution in [3.63, 3.8) is 0 Å². The highest BCUT2D eigenvalue weighted by Crippen LogP contribution is 2.28. The molecule has 3 rings (SSSR count). The molecule has 4 N–H and O–H groups in total. The smallest absolute Gasteiger partial charge is 0.253 e. The summed E-state index contributed by atoms with van der Waals surface area (Å²) in [6.07, 6.45) is 4.84. The number of nitrogens with one attached hydrogen (secondary N) is 2. The highest BCUT2D eigenvalue weighted by atomic mass is 35.5. The lowest BCUT2D eigenvalue weighted by molar-refractivity contribution is -0.112. The molecule has 0 atom stereocenters. The van der Waals surface area contributed by atoms with Crippen LogP contribution >= 0.6 is 20.5 Å². The van der Waals surface area contributed by atoms with Gasteiger partial charge in [0, 0.05) is 24.3 Å². The van der Waals surface area contributed by atoms with Gasteiger partial charge >= 0.3 is 0 Å². The zero-order valence-electron chi connectivity index (χ0n) is 17.5. The van der Waals surface area contributed by atoms with Gasteiger partial charge in [-0.15, -0.1) is 0 Å². The van der Waals surface area contributed by atoms with Crippen molar-refractivity contribution in [3.8, 4) is 0 Å². The van der Waals surface area contributed by atoms with Crippen molar-refractivity contribution in [2.75, 3.05) is 12.4 Å². The number of ether oxygens (including phenoxy) is 1. The summed E-state index contributed by atoms with van der Waals surface area (Å²) in [7, 11) is 4.69. The second-order valence-corrected chi connectivity index (χ2v) is 7.46. The second-order valence-electron chi connectivity index (χ2n) is 6.56. The van der Waals surface area contributed by atoms with E-state index in [0.717, 1.165) is 16.1 Å². The summed E-state index contributed by atoms with van der Waals surface area (Å²) < 4.78 is 4.94. The van der Waals surface area contributed by atoms with Gasteiger partial charge in [-0.1, -0.05) is 20.5 Å². The van der Waals surface area contributed by atoms with E-state index in [1.807, 2.05) is 25.1 Å². The van der Waals surface area contributed by atoms with Gasteiger partial charge in [0.1, 0.15) is 0 Å². The van der Waals surface area contributed by atoms with Crippen LogP contribution in [0.2, 0.25) is 5.02 Å². The molecule has 2 amide bonds. The van der Waals surface area contributed by atoms with E-state index in [4.69, 9.17) is 22.1 Å². The number of rotatable bonds is 5. The predicted octanol–water partition coefficient (Wildman–Crippen LogP) is 3.82. The Balaban J connectivity index is 0.000000357. The van der Waals surface area contributed by atoms with Crippen LogP contribution in [-0.4, -0.2) is 39.6 Å². The molecule has 0 bridgehead atoms. The van der Waals surface area contributed by atoms with Crippen LogP contribution in [0.15, 0.2) is 42.2 Å². The topological polar surface area (TPSA) is 123 Å². The van der Waals surface area contributed by atoms with E-state index in [1.54, 1.807) is 26.2 Å². The van der Waals surface area contributed by atoms with Crippen LogP contribution in [0.25, 0.3) is 10.9 Å². The zero-order valence-corrected chi connectivity index (χ0v) is 19.3. The number of amides is 2. The largest absolute Gasteiger partial charge is 0.365 e. The van der Waals surface area contributed by atoms with Gasteiger partial charge in [-0.25, -0.2) is 0 Å². The summed E-state index contributed by atoms with van der Waals surface area (Å²) in [6, 6.07) is 5.45. The fourth-order valence-corrected chi connectivity index (χ4v) is 2.98. The number of benzene rings is 1. The van der Waals surface area contributed by atoms with Crippen LogP contribution in [0, 0.1) is 13.8 Å². The van der Waals surface area contributed by atoms with Crippen molar-refractivity contribution in [1.82, 2.24) is 15.2 Å². The fraction of sp³-hybridized carbons (Fsp3) is 0.190. The Hall–Kier alpha value is -3.06. The van der Waals surface area contributed by atoms with E-state index in [1.165, 1.54) is 13.2 Å². The maximum absolute atomic E-state index is 12.3. The minimum Gasteiger partial charge on any atom is -0.365 e. The molecule has 0 aliphatic rings. The molecular formula is C21H23ClN5O3P. The first kappa shape index (κ1) is 24.2. The van der Waals surface area contributed by atoms with E-state index in [-0.39, 0.29) is 11.5 Å². The first-order valence-corrected chi connectivity index (χ1v) is 9.99. The third kappa shape index (κ3) is 6.21. The monoisotopic (exact) mass is 459 g/mol.